The summed E-state index contributed by atoms with van der Waals surface area (Å²) < 4.78 is 0. The molecule has 0 unspecified atom stereocenters. The van der Waals surface area contributed by atoms with Gasteiger partial charge in [0.15, 0.2) is 0 Å². The predicted octanol–water partition coefficient (Wildman–Crippen LogP) is 6.43. The van der Waals surface area contributed by atoms with Crippen LogP contribution in [0.25, 0.3) is 11.1 Å². The number of rotatable bonds is 7. The molecule has 1 fully saturated rings. The molecule has 0 heterocycles. The zero-order valence-corrected chi connectivity index (χ0v) is 13.1. The average Bonchev–Trinajstić information content (AvgIpc) is 3.32. The summed E-state index contributed by atoms with van der Waals surface area (Å²) >= 11 is 0. The van der Waals surface area contributed by atoms with E-state index in [1.54, 1.807) is 5.56 Å². The summed E-state index contributed by atoms with van der Waals surface area (Å²) in [4.78, 5) is 0. The van der Waals surface area contributed by atoms with E-state index in [0.29, 0.717) is 0 Å². The molecule has 2 atom stereocenters. The first-order valence-electron chi connectivity index (χ1n) is 8.54. The van der Waals surface area contributed by atoms with Crippen LogP contribution >= 0.6 is 0 Å². The molecule has 1 aliphatic carbocycles. The van der Waals surface area contributed by atoms with Crippen molar-refractivity contribution >= 4 is 0 Å². The zero-order chi connectivity index (χ0) is 14.5. The lowest BCUT2D eigenvalue weighted by atomic mass is 10.0. The van der Waals surface area contributed by atoms with Gasteiger partial charge >= 0.3 is 0 Å². The molecule has 0 amide bonds. The Morgan fingerprint density at radius 1 is 0.810 bits per heavy atom. The van der Waals surface area contributed by atoms with Crippen molar-refractivity contribution in [2.45, 2.75) is 51.4 Å². The van der Waals surface area contributed by atoms with Crippen molar-refractivity contribution in [2.75, 3.05) is 0 Å². The second-order valence-corrected chi connectivity index (χ2v) is 6.44. The van der Waals surface area contributed by atoms with Crippen molar-refractivity contribution in [3.63, 3.8) is 0 Å². The summed E-state index contributed by atoms with van der Waals surface area (Å²) in [6.07, 6.45) is 8.45. The minimum absolute atomic E-state index is 0.844. The quantitative estimate of drug-likeness (QED) is 0.512. The molecule has 0 aromatic heterocycles. The third kappa shape index (κ3) is 3.75. The zero-order valence-electron chi connectivity index (χ0n) is 13.1. The number of hydrogen-bond donors (Lipinski definition) is 0. The second kappa shape index (κ2) is 6.93. The standard InChI is InChI=1S/C21H26/c1-2-3-4-6-11-20-16-21(20)19-14-12-18(13-15-19)17-9-7-5-8-10-17/h5,7-10,12-15,20-21H,2-4,6,11,16H2,1H3/t20-,21+/m0/s1. The first-order valence-corrected chi connectivity index (χ1v) is 8.54. The van der Waals surface area contributed by atoms with Crippen LogP contribution in [0.15, 0.2) is 54.6 Å². The molecule has 110 valence electrons. The molecule has 2 aromatic rings. The van der Waals surface area contributed by atoms with Crippen molar-refractivity contribution in [1.29, 1.82) is 0 Å². The van der Waals surface area contributed by atoms with Crippen LogP contribution in [0.4, 0.5) is 0 Å². The Hall–Kier alpha value is -1.56. The fraction of sp³-hybridized carbons (Fsp3) is 0.429. The Morgan fingerprint density at radius 2 is 1.52 bits per heavy atom. The van der Waals surface area contributed by atoms with Crippen LogP contribution in [0.5, 0.6) is 0 Å². The minimum Gasteiger partial charge on any atom is -0.0654 e. The SMILES string of the molecule is CCCCCC[C@H]1C[C@@H]1c1ccc(-c2ccccc2)cc1. The Labute approximate surface area is 129 Å². The fourth-order valence-corrected chi connectivity index (χ4v) is 3.36. The van der Waals surface area contributed by atoms with Crippen LogP contribution in [0, 0.1) is 5.92 Å². The van der Waals surface area contributed by atoms with E-state index in [2.05, 4.69) is 61.5 Å². The van der Waals surface area contributed by atoms with Crippen LogP contribution in [0.3, 0.4) is 0 Å². The van der Waals surface area contributed by atoms with Gasteiger partial charge < -0.3 is 0 Å². The molecular formula is C21H26. The third-order valence-corrected chi connectivity index (χ3v) is 4.80. The molecule has 0 aliphatic heterocycles. The van der Waals surface area contributed by atoms with Crippen molar-refractivity contribution in [3.8, 4) is 11.1 Å². The third-order valence-electron chi connectivity index (χ3n) is 4.80. The smallest absolute Gasteiger partial charge is 0.0131 e. The lowest BCUT2D eigenvalue weighted by molar-refractivity contribution is 0.589. The van der Waals surface area contributed by atoms with Gasteiger partial charge in [-0.25, -0.2) is 0 Å². The summed E-state index contributed by atoms with van der Waals surface area (Å²) in [5.74, 6) is 1.81. The second-order valence-electron chi connectivity index (χ2n) is 6.44. The number of benzene rings is 2. The van der Waals surface area contributed by atoms with Crippen LogP contribution < -0.4 is 0 Å². The average molecular weight is 278 g/mol. The Kier molecular flexibility index (Phi) is 4.75. The molecule has 0 radical (unpaired) electrons. The monoisotopic (exact) mass is 278 g/mol. The van der Waals surface area contributed by atoms with Crippen molar-refractivity contribution in [1.82, 2.24) is 0 Å². The Balaban J connectivity index is 1.54. The maximum Gasteiger partial charge on any atom is -0.0131 e. The number of hydrogen-bond acceptors (Lipinski definition) is 0. The number of unbranched alkanes of at least 4 members (excludes halogenated alkanes) is 3. The lowest BCUT2D eigenvalue weighted by Crippen LogP contribution is -1.86. The molecule has 1 saturated carbocycles. The normalized spacial score (nSPS) is 20.4. The Morgan fingerprint density at radius 3 is 2.24 bits per heavy atom. The molecule has 3 rings (SSSR count). The molecule has 21 heavy (non-hydrogen) atoms. The maximum atomic E-state index is 2.35. The largest absolute Gasteiger partial charge is 0.0654 e. The van der Waals surface area contributed by atoms with Gasteiger partial charge in [-0.3, -0.25) is 0 Å². The first-order chi connectivity index (χ1) is 10.4. The van der Waals surface area contributed by atoms with Gasteiger partial charge in [0.05, 0.1) is 0 Å². The lowest BCUT2D eigenvalue weighted by Gasteiger charge is -2.05. The van der Waals surface area contributed by atoms with E-state index in [-0.39, 0.29) is 0 Å². The van der Waals surface area contributed by atoms with E-state index in [1.165, 1.54) is 49.7 Å². The predicted molar refractivity (Wildman–Crippen MR) is 91.5 cm³/mol. The highest BCUT2D eigenvalue weighted by Crippen LogP contribution is 2.50. The van der Waals surface area contributed by atoms with Crippen LogP contribution in [0.2, 0.25) is 0 Å². The van der Waals surface area contributed by atoms with E-state index in [1.807, 2.05) is 0 Å². The van der Waals surface area contributed by atoms with Crippen LogP contribution in [-0.2, 0) is 0 Å². The van der Waals surface area contributed by atoms with Gasteiger partial charge in [0.25, 0.3) is 0 Å². The summed E-state index contributed by atoms with van der Waals surface area (Å²) in [6, 6.07) is 19.9. The molecule has 0 nitrogen and oxygen atoms in total. The summed E-state index contributed by atoms with van der Waals surface area (Å²) in [6.45, 7) is 2.29. The van der Waals surface area contributed by atoms with Gasteiger partial charge in [0.1, 0.15) is 0 Å². The maximum absolute atomic E-state index is 2.35. The van der Waals surface area contributed by atoms with E-state index < -0.39 is 0 Å². The molecule has 0 heteroatoms. The van der Waals surface area contributed by atoms with Crippen molar-refractivity contribution in [3.05, 3.63) is 60.2 Å². The molecule has 0 bridgehead atoms. The highest BCUT2D eigenvalue weighted by Gasteiger charge is 2.37. The first kappa shape index (κ1) is 14.4. The fourth-order valence-electron chi connectivity index (χ4n) is 3.36. The minimum atomic E-state index is 0.844. The van der Waals surface area contributed by atoms with E-state index in [4.69, 9.17) is 0 Å². The van der Waals surface area contributed by atoms with E-state index >= 15 is 0 Å². The van der Waals surface area contributed by atoms with Gasteiger partial charge in [0, 0.05) is 0 Å². The molecular weight excluding hydrogens is 252 g/mol. The van der Waals surface area contributed by atoms with E-state index in [9.17, 15) is 0 Å². The van der Waals surface area contributed by atoms with Crippen molar-refractivity contribution < 1.29 is 0 Å². The summed E-state index contributed by atoms with van der Waals surface area (Å²) in [7, 11) is 0. The van der Waals surface area contributed by atoms with Crippen molar-refractivity contribution in [2.24, 2.45) is 5.92 Å². The highest BCUT2D eigenvalue weighted by atomic mass is 14.4. The summed E-state index contributed by atoms with van der Waals surface area (Å²) in [5, 5.41) is 0. The molecule has 0 saturated heterocycles. The van der Waals surface area contributed by atoms with Gasteiger partial charge in [-0.1, -0.05) is 87.2 Å². The molecule has 2 aromatic carbocycles. The van der Waals surface area contributed by atoms with Crippen LogP contribution in [0.1, 0.15) is 56.9 Å². The summed E-state index contributed by atoms with van der Waals surface area (Å²) in [5.41, 5.74) is 4.20. The molecule has 0 spiro atoms. The van der Waals surface area contributed by atoms with Gasteiger partial charge in [-0.2, -0.15) is 0 Å². The highest BCUT2D eigenvalue weighted by molar-refractivity contribution is 5.63. The topological polar surface area (TPSA) is 0 Å². The van der Waals surface area contributed by atoms with Crippen LogP contribution in [-0.4, -0.2) is 0 Å². The van der Waals surface area contributed by atoms with E-state index in [0.717, 1.165) is 11.8 Å². The molecule has 1 aliphatic rings. The van der Waals surface area contributed by atoms with Gasteiger partial charge in [-0.05, 0) is 41.4 Å². The molecule has 0 N–H and O–H groups in total. The van der Waals surface area contributed by atoms with Gasteiger partial charge in [-0.15, -0.1) is 0 Å². The Bertz CT molecular complexity index is 538. The van der Waals surface area contributed by atoms with Gasteiger partial charge in [0.2, 0.25) is 0 Å².